The van der Waals surface area contributed by atoms with E-state index in [9.17, 15) is 43.2 Å². The first-order valence-electron chi connectivity index (χ1n) is 4.45. The van der Waals surface area contributed by atoms with E-state index in [1.807, 2.05) is 0 Å². The van der Waals surface area contributed by atoms with Gasteiger partial charge in [0, 0.05) is 6.08 Å². The van der Waals surface area contributed by atoms with Crippen molar-refractivity contribution in [3.63, 3.8) is 0 Å². The van der Waals surface area contributed by atoms with Crippen LogP contribution in [0.2, 0.25) is 0 Å². The maximum absolute atomic E-state index is 12.1. The van der Waals surface area contributed by atoms with Crippen LogP contribution in [0.5, 0.6) is 0 Å². The molecule has 21 heavy (non-hydrogen) atoms. The molecule has 0 saturated heterocycles. The van der Waals surface area contributed by atoms with Crippen LogP contribution in [0.15, 0.2) is 12.3 Å². The van der Waals surface area contributed by atoms with Gasteiger partial charge in [0.15, 0.2) is 0 Å². The maximum atomic E-state index is 12.1. The summed E-state index contributed by atoms with van der Waals surface area (Å²) in [6.07, 6.45) is 0.553. The normalized spacial score (nSPS) is 19.5. The predicted octanol–water partition coefficient (Wildman–Crippen LogP) is 0.959. The zero-order valence-electron chi connectivity index (χ0n) is 9.30. The van der Waals surface area contributed by atoms with Gasteiger partial charge in [-0.05, 0) is 0 Å². The summed E-state index contributed by atoms with van der Waals surface area (Å²) in [5, 5.41) is 0. The predicted molar refractivity (Wildman–Crippen MR) is 49.9 cm³/mol. The Hall–Kier alpha value is -1.06. The molecule has 0 aromatic heterocycles. The molecule has 124 valence electrons. The van der Waals surface area contributed by atoms with Crippen LogP contribution >= 0.6 is 0 Å². The van der Waals surface area contributed by atoms with Crippen LogP contribution < -0.4 is 0 Å². The van der Waals surface area contributed by atoms with Crippen molar-refractivity contribution in [2.45, 2.75) is 16.8 Å². The van der Waals surface area contributed by atoms with Crippen LogP contribution in [0.25, 0.3) is 0 Å². The number of ether oxygens (including phenoxy) is 1. The topological polar surface area (TPSA) is 96.0 Å². The second kappa shape index (κ2) is 4.99. The molecule has 0 unspecified atom stereocenters. The second-order valence-electron chi connectivity index (χ2n) is 3.39. The van der Waals surface area contributed by atoms with Crippen molar-refractivity contribution in [3.05, 3.63) is 12.3 Å². The van der Waals surface area contributed by atoms with E-state index in [1.165, 1.54) is 0 Å². The summed E-state index contributed by atoms with van der Waals surface area (Å²) in [5.74, 6) is -3.44. The van der Waals surface area contributed by atoms with Gasteiger partial charge in [0.1, 0.15) is 6.61 Å². The van der Waals surface area contributed by atoms with Crippen LogP contribution in [0.3, 0.4) is 0 Å². The smallest absolute Gasteiger partial charge is 0.495 e. The number of rotatable bonds is 4. The van der Waals surface area contributed by atoms with Crippen LogP contribution in [0.4, 0.5) is 26.3 Å². The number of hydrogen-bond acceptors (Lipinski definition) is 7. The molecule has 0 bridgehead atoms. The lowest BCUT2D eigenvalue weighted by Gasteiger charge is -2.25. The Kier molecular flexibility index (Phi) is 4.28. The molecule has 15 heteroatoms. The first kappa shape index (κ1) is 18.0. The Labute approximate surface area is 113 Å². The minimum Gasteiger partial charge on any atom is -0.495 e. The van der Waals surface area contributed by atoms with Crippen molar-refractivity contribution in [1.29, 1.82) is 0 Å². The zero-order valence-corrected chi connectivity index (χ0v) is 10.9. The molecule has 0 radical (unpaired) electrons. The van der Waals surface area contributed by atoms with E-state index in [-0.39, 0.29) is 6.08 Å². The molecule has 0 atom stereocenters. The minimum absolute atomic E-state index is 0.138. The van der Waals surface area contributed by atoms with Crippen LogP contribution in [-0.2, 0) is 33.3 Å². The molecule has 1 heterocycles. The molecule has 0 spiro atoms. The highest BCUT2D eigenvalue weighted by Crippen LogP contribution is 2.36. The monoisotopic (exact) mass is 366 g/mol. The molecule has 1 rings (SSSR count). The number of halogens is 6. The van der Waals surface area contributed by atoms with Crippen molar-refractivity contribution in [1.82, 2.24) is 0 Å². The van der Waals surface area contributed by atoms with Gasteiger partial charge in [-0.1, -0.05) is 0 Å². The molecular formula is C6H4F6O7S2. The second-order valence-corrected chi connectivity index (χ2v) is 6.47. The summed E-state index contributed by atoms with van der Waals surface area (Å²) in [6, 6.07) is 0. The van der Waals surface area contributed by atoms with E-state index in [1.54, 1.807) is 0 Å². The van der Waals surface area contributed by atoms with Crippen LogP contribution in [0, 0.1) is 0 Å². The average Bonchev–Trinajstić information content (AvgIpc) is 2.60. The lowest BCUT2D eigenvalue weighted by Crippen LogP contribution is -2.45. The summed E-state index contributed by atoms with van der Waals surface area (Å²) in [5.41, 5.74) is -12.0. The van der Waals surface area contributed by atoms with Crippen molar-refractivity contribution < 1.29 is 56.3 Å². The van der Waals surface area contributed by atoms with Crippen molar-refractivity contribution >= 4 is 20.2 Å². The maximum Gasteiger partial charge on any atom is 0.523 e. The van der Waals surface area contributed by atoms with E-state index in [0.29, 0.717) is 6.26 Å². The third-order valence-electron chi connectivity index (χ3n) is 1.77. The van der Waals surface area contributed by atoms with E-state index in [4.69, 9.17) is 0 Å². The summed E-state index contributed by atoms with van der Waals surface area (Å²) in [6.45, 7) is -1.36. The summed E-state index contributed by atoms with van der Waals surface area (Å²) in [4.78, 5) is 0. The van der Waals surface area contributed by atoms with Crippen molar-refractivity contribution in [3.8, 4) is 0 Å². The Morgan fingerprint density at radius 1 is 0.905 bits per heavy atom. The lowest BCUT2D eigenvalue weighted by molar-refractivity contribution is -0.125. The molecule has 1 aliphatic heterocycles. The minimum atomic E-state index is -6.45. The largest absolute Gasteiger partial charge is 0.523 e. The highest BCUT2D eigenvalue weighted by atomic mass is 32.2. The molecule has 0 aromatic carbocycles. The van der Waals surface area contributed by atoms with Gasteiger partial charge >= 0.3 is 31.3 Å². The third-order valence-corrected chi connectivity index (χ3v) is 3.91. The SMILES string of the molecule is O=S(=O)(OC1(OS(=O)(=O)C(F)(F)F)C=COC1)C(F)(F)F. The molecular weight excluding hydrogens is 362 g/mol. The van der Waals surface area contributed by atoms with E-state index < -0.39 is 43.6 Å². The van der Waals surface area contributed by atoms with Gasteiger partial charge in [-0.2, -0.15) is 43.2 Å². The van der Waals surface area contributed by atoms with Crippen LogP contribution in [-0.4, -0.2) is 40.2 Å². The fourth-order valence-electron chi connectivity index (χ4n) is 0.948. The Morgan fingerprint density at radius 2 is 1.29 bits per heavy atom. The van der Waals surface area contributed by atoms with Crippen LogP contribution in [0.1, 0.15) is 0 Å². The van der Waals surface area contributed by atoms with Gasteiger partial charge in [0.2, 0.25) is 0 Å². The molecule has 7 nitrogen and oxygen atoms in total. The standard InChI is InChI=1S/C6H4F6O7S2/c7-5(8,9)20(13,14)18-4(1-2-17-3-4)19-21(15,16)6(10,11)12/h1-2H,3H2. The van der Waals surface area contributed by atoms with E-state index >= 15 is 0 Å². The molecule has 0 aliphatic carbocycles. The zero-order chi connectivity index (χ0) is 16.7. The molecule has 0 aromatic rings. The average molecular weight is 366 g/mol. The van der Waals surface area contributed by atoms with E-state index in [2.05, 4.69) is 13.1 Å². The highest BCUT2D eigenvalue weighted by Gasteiger charge is 2.58. The first-order chi connectivity index (χ1) is 9.12. The number of hydrogen-bond donors (Lipinski definition) is 0. The van der Waals surface area contributed by atoms with Gasteiger partial charge in [-0.3, -0.25) is 0 Å². The molecule has 0 N–H and O–H groups in total. The fraction of sp³-hybridized carbons (Fsp3) is 0.667. The van der Waals surface area contributed by atoms with Crippen molar-refractivity contribution in [2.24, 2.45) is 0 Å². The van der Waals surface area contributed by atoms with E-state index in [0.717, 1.165) is 0 Å². The lowest BCUT2D eigenvalue weighted by atomic mass is 10.3. The van der Waals surface area contributed by atoms with Gasteiger partial charge in [0.25, 0.3) is 5.79 Å². The fourth-order valence-corrected chi connectivity index (χ4v) is 2.20. The summed E-state index contributed by atoms with van der Waals surface area (Å²) < 4.78 is 127. The molecule has 1 aliphatic rings. The van der Waals surface area contributed by atoms with Gasteiger partial charge in [-0.25, -0.2) is 8.37 Å². The Balaban J connectivity index is 3.17. The Bertz CT molecular complexity index is 581. The summed E-state index contributed by atoms with van der Waals surface area (Å²) >= 11 is 0. The van der Waals surface area contributed by atoms with Crippen molar-refractivity contribution in [2.75, 3.05) is 6.61 Å². The molecule has 0 amide bonds. The van der Waals surface area contributed by atoms with Gasteiger partial charge in [0.05, 0.1) is 6.26 Å². The number of alkyl halides is 6. The molecule has 0 fully saturated rings. The van der Waals surface area contributed by atoms with Gasteiger partial charge in [-0.15, -0.1) is 0 Å². The van der Waals surface area contributed by atoms with Gasteiger partial charge < -0.3 is 4.74 Å². The Morgan fingerprint density at radius 3 is 1.52 bits per heavy atom. The first-order valence-corrected chi connectivity index (χ1v) is 7.27. The summed E-state index contributed by atoms with van der Waals surface area (Å²) in [7, 11) is -12.9. The highest BCUT2D eigenvalue weighted by molar-refractivity contribution is 7.88. The third kappa shape index (κ3) is 3.78. The quantitative estimate of drug-likeness (QED) is 0.316. The molecule has 0 saturated carbocycles.